The fraction of sp³-hybridized carbons (Fsp3) is 1.00. The first-order chi connectivity index (χ1) is 4.19. The van der Waals surface area contributed by atoms with E-state index in [-0.39, 0.29) is 18.1 Å². The lowest BCUT2D eigenvalue weighted by molar-refractivity contribution is 0.232. The van der Waals surface area contributed by atoms with Crippen molar-refractivity contribution in [1.29, 1.82) is 0 Å². The third-order valence-electron chi connectivity index (χ3n) is 2.09. The van der Waals surface area contributed by atoms with E-state index >= 15 is 0 Å². The van der Waals surface area contributed by atoms with Crippen LogP contribution in [-0.4, -0.2) is 25.8 Å². The van der Waals surface area contributed by atoms with Crippen LogP contribution in [0, 0.1) is 5.41 Å². The number of nitrogens with two attached hydrogens (primary N) is 1. The third kappa shape index (κ3) is 1.07. The first-order valence-corrected chi connectivity index (χ1v) is 3.21. The van der Waals surface area contributed by atoms with Crippen molar-refractivity contribution in [2.24, 2.45) is 11.1 Å². The standard InChI is InChI=1S/C6H13FN2/c1-6(3-7)4-9-2-5(6)8/h5,9H,2-4,8H2,1H3/t5-,6-/m0/s1. The minimum atomic E-state index is -0.318. The molecule has 3 N–H and O–H groups in total. The van der Waals surface area contributed by atoms with Gasteiger partial charge in [-0.25, -0.2) is 0 Å². The molecule has 0 aromatic carbocycles. The van der Waals surface area contributed by atoms with E-state index in [1.807, 2.05) is 6.92 Å². The van der Waals surface area contributed by atoms with Crippen LogP contribution in [0.4, 0.5) is 4.39 Å². The second-order valence-electron chi connectivity index (χ2n) is 3.03. The zero-order valence-electron chi connectivity index (χ0n) is 5.65. The van der Waals surface area contributed by atoms with Crippen molar-refractivity contribution in [3.63, 3.8) is 0 Å². The molecule has 2 nitrogen and oxygen atoms in total. The quantitative estimate of drug-likeness (QED) is 0.522. The van der Waals surface area contributed by atoms with Crippen molar-refractivity contribution in [1.82, 2.24) is 5.32 Å². The lowest BCUT2D eigenvalue weighted by Crippen LogP contribution is -2.39. The third-order valence-corrected chi connectivity index (χ3v) is 2.09. The molecule has 0 bridgehead atoms. The molecule has 9 heavy (non-hydrogen) atoms. The van der Waals surface area contributed by atoms with E-state index in [1.165, 1.54) is 0 Å². The number of hydrogen-bond donors (Lipinski definition) is 2. The van der Waals surface area contributed by atoms with Gasteiger partial charge >= 0.3 is 0 Å². The Balaban J connectivity index is 2.56. The molecule has 54 valence electrons. The van der Waals surface area contributed by atoms with Crippen molar-refractivity contribution in [2.75, 3.05) is 19.8 Å². The summed E-state index contributed by atoms with van der Waals surface area (Å²) in [7, 11) is 0. The Kier molecular flexibility index (Phi) is 1.73. The van der Waals surface area contributed by atoms with Crippen LogP contribution in [0.1, 0.15) is 6.92 Å². The van der Waals surface area contributed by atoms with Gasteiger partial charge in [-0.2, -0.15) is 0 Å². The van der Waals surface area contributed by atoms with E-state index in [4.69, 9.17) is 5.73 Å². The Morgan fingerprint density at radius 2 is 2.56 bits per heavy atom. The van der Waals surface area contributed by atoms with Gasteiger partial charge in [0.1, 0.15) is 0 Å². The highest BCUT2D eigenvalue weighted by molar-refractivity contribution is 4.94. The van der Waals surface area contributed by atoms with Crippen LogP contribution in [0.2, 0.25) is 0 Å². The summed E-state index contributed by atoms with van der Waals surface area (Å²) in [4.78, 5) is 0. The van der Waals surface area contributed by atoms with Gasteiger partial charge in [0, 0.05) is 24.5 Å². The summed E-state index contributed by atoms with van der Waals surface area (Å²) < 4.78 is 12.2. The van der Waals surface area contributed by atoms with Crippen molar-refractivity contribution >= 4 is 0 Å². The van der Waals surface area contributed by atoms with E-state index in [0.717, 1.165) is 6.54 Å². The smallest absolute Gasteiger partial charge is 0.0975 e. The Morgan fingerprint density at radius 1 is 1.89 bits per heavy atom. The molecule has 0 radical (unpaired) electrons. The van der Waals surface area contributed by atoms with Crippen molar-refractivity contribution in [2.45, 2.75) is 13.0 Å². The van der Waals surface area contributed by atoms with E-state index in [2.05, 4.69) is 5.32 Å². The number of halogens is 1. The normalized spacial score (nSPS) is 43.7. The number of hydrogen-bond acceptors (Lipinski definition) is 2. The topological polar surface area (TPSA) is 38.0 Å². The average molecular weight is 132 g/mol. The van der Waals surface area contributed by atoms with Crippen LogP contribution >= 0.6 is 0 Å². The molecule has 0 amide bonds. The average Bonchev–Trinajstić information content (AvgIpc) is 2.15. The van der Waals surface area contributed by atoms with Gasteiger partial charge in [-0.3, -0.25) is 4.39 Å². The Morgan fingerprint density at radius 3 is 2.78 bits per heavy atom. The molecule has 1 rings (SSSR count). The maximum Gasteiger partial charge on any atom is 0.0975 e. The Hall–Kier alpha value is -0.150. The van der Waals surface area contributed by atoms with Crippen LogP contribution in [0.15, 0.2) is 0 Å². The van der Waals surface area contributed by atoms with E-state index < -0.39 is 0 Å². The zero-order valence-corrected chi connectivity index (χ0v) is 5.65. The summed E-state index contributed by atoms with van der Waals surface area (Å²) >= 11 is 0. The lowest BCUT2D eigenvalue weighted by atomic mass is 9.88. The monoisotopic (exact) mass is 132 g/mol. The van der Waals surface area contributed by atoms with E-state index in [9.17, 15) is 4.39 Å². The molecule has 0 saturated carbocycles. The van der Waals surface area contributed by atoms with Crippen LogP contribution in [0.3, 0.4) is 0 Å². The van der Waals surface area contributed by atoms with Gasteiger partial charge in [0.2, 0.25) is 0 Å². The highest BCUT2D eigenvalue weighted by Gasteiger charge is 2.36. The van der Waals surface area contributed by atoms with Gasteiger partial charge in [-0.05, 0) is 0 Å². The van der Waals surface area contributed by atoms with E-state index in [1.54, 1.807) is 0 Å². The SMILES string of the molecule is C[C@]1(CF)CNC[C@@H]1N. The lowest BCUT2D eigenvalue weighted by Gasteiger charge is -2.23. The van der Waals surface area contributed by atoms with Crippen LogP contribution in [0.25, 0.3) is 0 Å². The molecule has 0 aromatic heterocycles. The summed E-state index contributed by atoms with van der Waals surface area (Å²) in [5.41, 5.74) is 5.32. The molecule has 0 unspecified atom stereocenters. The van der Waals surface area contributed by atoms with Gasteiger partial charge in [0.05, 0.1) is 6.67 Å². The molecular formula is C6H13FN2. The van der Waals surface area contributed by atoms with Crippen LogP contribution in [0.5, 0.6) is 0 Å². The predicted octanol–water partition coefficient (Wildman–Crippen LogP) is -0.107. The number of alkyl halides is 1. The summed E-state index contributed by atoms with van der Waals surface area (Å²) in [5, 5.41) is 3.05. The molecule has 0 aromatic rings. The van der Waals surface area contributed by atoms with Crippen LogP contribution < -0.4 is 11.1 Å². The fourth-order valence-electron chi connectivity index (χ4n) is 1.04. The summed E-state index contributed by atoms with van der Waals surface area (Å²) in [6.45, 7) is 3.02. The molecule has 3 heteroatoms. The summed E-state index contributed by atoms with van der Waals surface area (Å²) in [6.07, 6.45) is 0. The molecule has 1 heterocycles. The molecule has 2 atom stereocenters. The molecule has 1 aliphatic rings. The molecular weight excluding hydrogens is 119 g/mol. The van der Waals surface area contributed by atoms with Gasteiger partial charge in [-0.1, -0.05) is 6.92 Å². The number of rotatable bonds is 1. The van der Waals surface area contributed by atoms with E-state index in [0.29, 0.717) is 6.54 Å². The largest absolute Gasteiger partial charge is 0.326 e. The minimum Gasteiger partial charge on any atom is -0.326 e. The highest BCUT2D eigenvalue weighted by atomic mass is 19.1. The second-order valence-corrected chi connectivity index (χ2v) is 3.03. The fourth-order valence-corrected chi connectivity index (χ4v) is 1.04. The van der Waals surface area contributed by atoms with Crippen LogP contribution in [-0.2, 0) is 0 Å². The maximum absolute atomic E-state index is 12.2. The molecule has 0 spiro atoms. The first-order valence-electron chi connectivity index (χ1n) is 3.21. The van der Waals surface area contributed by atoms with Gasteiger partial charge < -0.3 is 11.1 Å². The molecule has 0 aliphatic carbocycles. The van der Waals surface area contributed by atoms with Gasteiger partial charge in [0.15, 0.2) is 0 Å². The summed E-state index contributed by atoms with van der Waals surface area (Å²) in [6, 6.07) is -0.0116. The maximum atomic E-state index is 12.2. The zero-order chi connectivity index (χ0) is 6.91. The Bertz CT molecular complexity index is 107. The first kappa shape index (κ1) is 6.96. The van der Waals surface area contributed by atoms with Crippen molar-refractivity contribution in [3.8, 4) is 0 Å². The van der Waals surface area contributed by atoms with Crippen molar-refractivity contribution < 1.29 is 4.39 Å². The van der Waals surface area contributed by atoms with Gasteiger partial charge in [-0.15, -0.1) is 0 Å². The molecule has 1 saturated heterocycles. The molecule has 1 fully saturated rings. The van der Waals surface area contributed by atoms with Crippen molar-refractivity contribution in [3.05, 3.63) is 0 Å². The minimum absolute atomic E-state index is 0.0116. The second kappa shape index (κ2) is 2.23. The van der Waals surface area contributed by atoms with Gasteiger partial charge in [0.25, 0.3) is 0 Å². The Labute approximate surface area is 54.6 Å². The summed E-state index contributed by atoms with van der Waals surface area (Å²) in [5.74, 6) is 0. The molecule has 1 aliphatic heterocycles. The highest BCUT2D eigenvalue weighted by Crippen LogP contribution is 2.23. The predicted molar refractivity (Wildman–Crippen MR) is 34.9 cm³/mol. The number of nitrogens with one attached hydrogen (secondary N) is 1.